The van der Waals surface area contributed by atoms with Crippen LogP contribution in [0.1, 0.15) is 5.69 Å². The molecule has 0 atom stereocenters. The van der Waals surface area contributed by atoms with Gasteiger partial charge in [-0.25, -0.2) is 13.8 Å². The van der Waals surface area contributed by atoms with Crippen molar-refractivity contribution < 1.29 is 8.78 Å². The lowest BCUT2D eigenvalue weighted by atomic mass is 10.3. The molecular weight excluding hydrogens is 298 g/mol. The molecule has 0 aliphatic rings. The molecule has 1 aromatic heterocycles. The van der Waals surface area contributed by atoms with Crippen LogP contribution in [0.4, 0.5) is 31.9 Å². The summed E-state index contributed by atoms with van der Waals surface area (Å²) in [5.41, 5.74) is 1.55. The van der Waals surface area contributed by atoms with E-state index in [0.717, 1.165) is 0 Å². The monoisotopic (exact) mass is 312 g/mol. The highest BCUT2D eigenvalue weighted by Crippen LogP contribution is 2.21. The number of halogens is 2. The Balaban J connectivity index is 1.86. The first-order valence-corrected chi connectivity index (χ1v) is 7.00. The molecular formula is C17H14F2N4. The zero-order chi connectivity index (χ0) is 16.2. The first kappa shape index (κ1) is 14.9. The molecule has 3 aromatic rings. The zero-order valence-electron chi connectivity index (χ0n) is 12.3. The van der Waals surface area contributed by atoms with Gasteiger partial charge in [0.15, 0.2) is 0 Å². The SMILES string of the molecule is Cc1cc(Nc2ccccc2F)nc(Nc2cccc(F)c2)n1. The van der Waals surface area contributed by atoms with Gasteiger partial charge in [-0.3, -0.25) is 0 Å². The Morgan fingerprint density at radius 3 is 2.48 bits per heavy atom. The first-order chi connectivity index (χ1) is 11.1. The van der Waals surface area contributed by atoms with Gasteiger partial charge < -0.3 is 10.6 Å². The number of nitrogens with zero attached hydrogens (tertiary/aromatic N) is 2. The molecule has 3 rings (SSSR count). The van der Waals surface area contributed by atoms with E-state index in [4.69, 9.17) is 0 Å². The number of hydrogen-bond acceptors (Lipinski definition) is 4. The van der Waals surface area contributed by atoms with Crippen LogP contribution >= 0.6 is 0 Å². The van der Waals surface area contributed by atoms with E-state index in [1.165, 1.54) is 18.2 Å². The molecule has 0 fully saturated rings. The predicted molar refractivity (Wildman–Crippen MR) is 86.1 cm³/mol. The van der Waals surface area contributed by atoms with Gasteiger partial charge in [0, 0.05) is 17.4 Å². The summed E-state index contributed by atoms with van der Waals surface area (Å²) < 4.78 is 26.9. The number of rotatable bonds is 4. The minimum atomic E-state index is -0.372. The van der Waals surface area contributed by atoms with E-state index in [2.05, 4.69) is 20.6 Å². The molecule has 1 heterocycles. The Morgan fingerprint density at radius 1 is 0.870 bits per heavy atom. The predicted octanol–water partition coefficient (Wildman–Crippen LogP) is 4.55. The molecule has 0 radical (unpaired) electrons. The van der Waals surface area contributed by atoms with Crippen molar-refractivity contribution in [2.24, 2.45) is 0 Å². The second kappa shape index (κ2) is 6.39. The van der Waals surface area contributed by atoms with Crippen LogP contribution in [0, 0.1) is 18.6 Å². The van der Waals surface area contributed by atoms with Crippen molar-refractivity contribution in [1.82, 2.24) is 9.97 Å². The third-order valence-corrected chi connectivity index (χ3v) is 3.07. The van der Waals surface area contributed by atoms with E-state index in [9.17, 15) is 8.78 Å². The smallest absolute Gasteiger partial charge is 0.229 e. The number of aromatic nitrogens is 2. The van der Waals surface area contributed by atoms with Crippen LogP contribution in [0.15, 0.2) is 54.6 Å². The van der Waals surface area contributed by atoms with E-state index in [1.54, 1.807) is 43.3 Å². The van der Waals surface area contributed by atoms with E-state index in [-0.39, 0.29) is 11.6 Å². The Hall–Kier alpha value is -3.02. The quantitative estimate of drug-likeness (QED) is 0.742. The van der Waals surface area contributed by atoms with Crippen molar-refractivity contribution in [1.29, 1.82) is 0 Å². The molecule has 0 unspecified atom stereocenters. The summed E-state index contributed by atoms with van der Waals surface area (Å²) in [7, 11) is 0. The first-order valence-electron chi connectivity index (χ1n) is 7.00. The van der Waals surface area contributed by atoms with Crippen LogP contribution in [0.25, 0.3) is 0 Å². The average Bonchev–Trinajstić information content (AvgIpc) is 2.49. The molecule has 2 aromatic carbocycles. The second-order valence-corrected chi connectivity index (χ2v) is 4.96. The summed E-state index contributed by atoms with van der Waals surface area (Å²) in [4.78, 5) is 8.52. The van der Waals surface area contributed by atoms with Crippen molar-refractivity contribution in [3.05, 3.63) is 71.9 Å². The fraction of sp³-hybridized carbons (Fsp3) is 0.0588. The lowest BCUT2D eigenvalue weighted by Gasteiger charge is -2.10. The van der Waals surface area contributed by atoms with E-state index in [0.29, 0.717) is 28.8 Å². The highest BCUT2D eigenvalue weighted by molar-refractivity contribution is 5.60. The molecule has 6 heteroatoms. The molecule has 0 saturated carbocycles. The molecule has 4 nitrogen and oxygen atoms in total. The van der Waals surface area contributed by atoms with Crippen molar-refractivity contribution in [2.75, 3.05) is 10.6 Å². The molecule has 2 N–H and O–H groups in total. The van der Waals surface area contributed by atoms with E-state index in [1.807, 2.05) is 0 Å². The van der Waals surface area contributed by atoms with Crippen LogP contribution in [-0.4, -0.2) is 9.97 Å². The molecule has 0 bridgehead atoms. The standard InChI is InChI=1S/C17H14F2N4/c1-11-9-16(22-15-8-3-2-7-14(15)19)23-17(20-11)21-13-6-4-5-12(18)10-13/h2-10H,1H3,(H2,20,21,22,23). The Bertz CT molecular complexity index is 836. The summed E-state index contributed by atoms with van der Waals surface area (Å²) in [6, 6.07) is 14.0. The van der Waals surface area contributed by atoms with Gasteiger partial charge in [0.2, 0.25) is 5.95 Å². The fourth-order valence-electron chi connectivity index (χ4n) is 2.08. The number of nitrogens with one attached hydrogen (secondary N) is 2. The zero-order valence-corrected chi connectivity index (χ0v) is 12.3. The minimum absolute atomic E-state index is 0.300. The lowest BCUT2D eigenvalue weighted by Crippen LogP contribution is -2.03. The highest BCUT2D eigenvalue weighted by Gasteiger charge is 2.06. The summed E-state index contributed by atoms with van der Waals surface area (Å²) in [5, 5.41) is 5.84. The maximum absolute atomic E-state index is 13.7. The van der Waals surface area contributed by atoms with Gasteiger partial charge in [-0.1, -0.05) is 18.2 Å². The Labute approximate surface area is 132 Å². The summed E-state index contributed by atoms with van der Waals surface area (Å²) in [6.07, 6.45) is 0. The average molecular weight is 312 g/mol. The third kappa shape index (κ3) is 3.79. The third-order valence-electron chi connectivity index (χ3n) is 3.07. The molecule has 23 heavy (non-hydrogen) atoms. The molecule has 0 aliphatic heterocycles. The topological polar surface area (TPSA) is 49.8 Å². The normalized spacial score (nSPS) is 10.4. The number of aryl methyl sites for hydroxylation is 1. The number of hydrogen-bond donors (Lipinski definition) is 2. The summed E-state index contributed by atoms with van der Waals surface area (Å²) >= 11 is 0. The van der Waals surface area contributed by atoms with E-state index < -0.39 is 0 Å². The van der Waals surface area contributed by atoms with Gasteiger partial charge >= 0.3 is 0 Å². The van der Waals surface area contributed by atoms with Crippen molar-refractivity contribution in [3.8, 4) is 0 Å². The largest absolute Gasteiger partial charge is 0.338 e. The minimum Gasteiger partial charge on any atom is -0.338 e. The number of benzene rings is 2. The maximum Gasteiger partial charge on any atom is 0.229 e. The van der Waals surface area contributed by atoms with Gasteiger partial charge in [-0.05, 0) is 37.3 Å². The van der Waals surface area contributed by atoms with Gasteiger partial charge in [-0.2, -0.15) is 4.98 Å². The Morgan fingerprint density at radius 2 is 1.70 bits per heavy atom. The van der Waals surface area contributed by atoms with Crippen LogP contribution in [0.5, 0.6) is 0 Å². The van der Waals surface area contributed by atoms with Crippen LogP contribution in [0.2, 0.25) is 0 Å². The van der Waals surface area contributed by atoms with Gasteiger partial charge in [0.1, 0.15) is 17.5 Å². The summed E-state index contributed by atoms with van der Waals surface area (Å²) in [6.45, 7) is 1.80. The lowest BCUT2D eigenvalue weighted by molar-refractivity contribution is 0.628. The molecule has 0 amide bonds. The second-order valence-electron chi connectivity index (χ2n) is 4.96. The van der Waals surface area contributed by atoms with Gasteiger partial charge in [0.05, 0.1) is 5.69 Å². The van der Waals surface area contributed by atoms with Gasteiger partial charge in [-0.15, -0.1) is 0 Å². The summed E-state index contributed by atoms with van der Waals surface area (Å²) in [5.74, 6) is 0.0201. The fourth-order valence-corrected chi connectivity index (χ4v) is 2.08. The van der Waals surface area contributed by atoms with Crippen molar-refractivity contribution >= 4 is 23.1 Å². The molecule has 0 saturated heterocycles. The number of anilines is 4. The molecule has 0 spiro atoms. The van der Waals surface area contributed by atoms with Crippen molar-refractivity contribution in [2.45, 2.75) is 6.92 Å². The van der Waals surface area contributed by atoms with Crippen LogP contribution < -0.4 is 10.6 Å². The van der Waals surface area contributed by atoms with Crippen molar-refractivity contribution in [3.63, 3.8) is 0 Å². The van der Waals surface area contributed by atoms with E-state index >= 15 is 0 Å². The molecule has 0 aliphatic carbocycles. The Kier molecular flexibility index (Phi) is 4.14. The number of para-hydroxylation sites is 1. The highest BCUT2D eigenvalue weighted by atomic mass is 19.1. The molecule has 116 valence electrons. The van der Waals surface area contributed by atoms with Crippen LogP contribution in [0.3, 0.4) is 0 Å². The van der Waals surface area contributed by atoms with Gasteiger partial charge in [0.25, 0.3) is 0 Å². The van der Waals surface area contributed by atoms with Crippen LogP contribution in [-0.2, 0) is 0 Å². The maximum atomic E-state index is 13.7.